The highest BCUT2D eigenvalue weighted by atomic mass is 19.3. The van der Waals surface area contributed by atoms with E-state index in [1.807, 2.05) is 0 Å². The summed E-state index contributed by atoms with van der Waals surface area (Å²) in [6.07, 6.45) is 0.182. The number of imidazole rings is 1. The number of fused-ring (bicyclic) bond motifs is 6. The lowest BCUT2D eigenvalue weighted by molar-refractivity contribution is 0.0363. The average Bonchev–Trinajstić information content (AvgIpc) is 3.16. The van der Waals surface area contributed by atoms with E-state index in [2.05, 4.69) is 4.98 Å². The van der Waals surface area contributed by atoms with E-state index < -0.39 is 34.1 Å². The Bertz CT molecular complexity index is 1550. The molecule has 0 saturated heterocycles. The number of alkyl halides is 2. The monoisotopic (exact) mass is 472 g/mol. The van der Waals surface area contributed by atoms with E-state index in [-0.39, 0.29) is 54.6 Å². The number of aromatic nitrogens is 4. The van der Waals surface area contributed by atoms with Gasteiger partial charge in [0.1, 0.15) is 11.6 Å². The van der Waals surface area contributed by atoms with Crippen LogP contribution in [0.2, 0.25) is 0 Å². The van der Waals surface area contributed by atoms with Crippen molar-refractivity contribution >= 4 is 11.2 Å². The van der Waals surface area contributed by atoms with Crippen LogP contribution in [0.1, 0.15) is 23.1 Å². The minimum atomic E-state index is -3.70. The summed E-state index contributed by atoms with van der Waals surface area (Å²) in [7, 11) is 1.43. The van der Waals surface area contributed by atoms with Crippen LogP contribution in [-0.2, 0) is 26.1 Å². The van der Waals surface area contributed by atoms with Gasteiger partial charge >= 0.3 is 17.6 Å². The van der Waals surface area contributed by atoms with Crippen LogP contribution in [0.25, 0.3) is 11.2 Å². The fourth-order valence-corrected chi connectivity index (χ4v) is 4.15. The lowest BCUT2D eigenvalue weighted by atomic mass is 9.97. The molecule has 0 aliphatic carbocycles. The van der Waals surface area contributed by atoms with Crippen molar-refractivity contribution in [3.05, 3.63) is 85.8 Å². The van der Waals surface area contributed by atoms with Crippen molar-refractivity contribution in [3.63, 3.8) is 0 Å². The molecule has 5 rings (SSSR count). The maximum atomic E-state index is 15.4. The van der Waals surface area contributed by atoms with Gasteiger partial charge in [-0.25, -0.2) is 9.18 Å². The van der Waals surface area contributed by atoms with Crippen molar-refractivity contribution in [2.75, 3.05) is 6.61 Å². The second-order valence-corrected chi connectivity index (χ2v) is 8.02. The Morgan fingerprint density at radius 2 is 1.91 bits per heavy atom. The van der Waals surface area contributed by atoms with Crippen molar-refractivity contribution < 1.29 is 23.0 Å². The molecule has 2 aromatic heterocycles. The minimum Gasteiger partial charge on any atom is -0.425 e. The number of aliphatic hydroxyl groups is 1. The molecular formula is C23H19F3N4O4. The summed E-state index contributed by atoms with van der Waals surface area (Å²) in [6.45, 7) is -0.371. The lowest BCUT2D eigenvalue weighted by Gasteiger charge is -2.23. The Morgan fingerprint density at radius 1 is 1.15 bits per heavy atom. The van der Waals surface area contributed by atoms with Gasteiger partial charge in [-0.15, -0.1) is 0 Å². The van der Waals surface area contributed by atoms with Gasteiger partial charge < -0.3 is 9.84 Å². The number of rotatable bonds is 3. The van der Waals surface area contributed by atoms with Gasteiger partial charge in [-0.3, -0.25) is 18.5 Å². The molecule has 4 aromatic rings. The van der Waals surface area contributed by atoms with Crippen molar-refractivity contribution in [3.8, 4) is 11.8 Å². The maximum Gasteiger partial charge on any atom is 0.332 e. The zero-order chi connectivity index (χ0) is 24.2. The Morgan fingerprint density at radius 3 is 2.68 bits per heavy atom. The van der Waals surface area contributed by atoms with Crippen molar-refractivity contribution in [1.82, 2.24) is 18.7 Å². The van der Waals surface area contributed by atoms with Crippen LogP contribution < -0.4 is 16.0 Å². The van der Waals surface area contributed by atoms with Gasteiger partial charge in [0.05, 0.1) is 17.7 Å². The second kappa shape index (κ2) is 7.87. The highest BCUT2D eigenvalue weighted by Crippen LogP contribution is 2.43. The van der Waals surface area contributed by atoms with Gasteiger partial charge in [0, 0.05) is 20.2 Å². The number of benzene rings is 2. The van der Waals surface area contributed by atoms with Crippen LogP contribution in [0.15, 0.2) is 52.1 Å². The minimum absolute atomic E-state index is 0.0103. The Hall–Kier alpha value is -3.86. The van der Waals surface area contributed by atoms with Gasteiger partial charge in [0.15, 0.2) is 11.2 Å². The molecule has 0 radical (unpaired) electrons. The normalized spacial score (nSPS) is 14.4. The standard InChI is InChI=1S/C23H19F3N4O4/c1-28-19-18(20(32)29(22(28)33)9-4-10-31)30-12-13-7-8-16(24)15(11-13)23(25,26)14-5-2-3-6-17(14)34-21(30)27-19/h2-3,5-8,11,31H,4,9-10,12H2,1H3. The second-order valence-electron chi connectivity index (χ2n) is 8.02. The molecule has 3 heterocycles. The lowest BCUT2D eigenvalue weighted by Crippen LogP contribution is -2.40. The van der Waals surface area contributed by atoms with Gasteiger partial charge in [0.25, 0.3) is 5.56 Å². The van der Waals surface area contributed by atoms with Crippen LogP contribution in [0.5, 0.6) is 11.8 Å². The van der Waals surface area contributed by atoms with Crippen molar-refractivity contribution in [2.45, 2.75) is 25.4 Å². The molecular weight excluding hydrogens is 453 g/mol. The molecule has 0 spiro atoms. The summed E-state index contributed by atoms with van der Waals surface area (Å²) in [4.78, 5) is 30.3. The molecule has 0 amide bonds. The van der Waals surface area contributed by atoms with Crippen molar-refractivity contribution in [1.29, 1.82) is 0 Å². The molecule has 0 atom stereocenters. The van der Waals surface area contributed by atoms with E-state index in [0.717, 1.165) is 27.3 Å². The number of aryl methyl sites for hydroxylation is 1. The number of hydrogen-bond donors (Lipinski definition) is 1. The predicted octanol–water partition coefficient (Wildman–Crippen LogP) is 2.71. The smallest absolute Gasteiger partial charge is 0.332 e. The zero-order valence-electron chi connectivity index (χ0n) is 18.0. The third-order valence-electron chi connectivity index (χ3n) is 5.87. The number of ether oxygens (including phenoxy) is 1. The molecule has 8 nitrogen and oxygen atoms in total. The molecule has 0 saturated carbocycles. The third kappa shape index (κ3) is 3.23. The quantitative estimate of drug-likeness (QED) is 0.495. The van der Waals surface area contributed by atoms with E-state index in [0.29, 0.717) is 0 Å². The van der Waals surface area contributed by atoms with Crippen LogP contribution in [0.4, 0.5) is 13.2 Å². The molecule has 34 heavy (non-hydrogen) atoms. The topological polar surface area (TPSA) is 91.3 Å². The van der Waals surface area contributed by atoms with Crippen LogP contribution >= 0.6 is 0 Å². The molecule has 1 aliphatic rings. The molecule has 0 fully saturated rings. The highest BCUT2D eigenvalue weighted by Gasteiger charge is 2.40. The van der Waals surface area contributed by atoms with Crippen LogP contribution in [0.3, 0.4) is 0 Å². The molecule has 1 aliphatic heterocycles. The van der Waals surface area contributed by atoms with Gasteiger partial charge in [-0.05, 0) is 36.2 Å². The highest BCUT2D eigenvalue weighted by molar-refractivity contribution is 5.72. The summed E-state index contributed by atoms with van der Waals surface area (Å²) in [5, 5.41) is 9.15. The van der Waals surface area contributed by atoms with Gasteiger partial charge in [0.2, 0.25) is 0 Å². The van der Waals surface area contributed by atoms with E-state index in [9.17, 15) is 14.0 Å². The summed E-state index contributed by atoms with van der Waals surface area (Å²) < 4.78 is 54.6. The summed E-state index contributed by atoms with van der Waals surface area (Å²) in [6, 6.07) is 8.48. The third-order valence-corrected chi connectivity index (χ3v) is 5.87. The number of para-hydroxylation sites is 1. The van der Waals surface area contributed by atoms with E-state index in [4.69, 9.17) is 9.84 Å². The van der Waals surface area contributed by atoms with E-state index in [1.54, 1.807) is 0 Å². The fourth-order valence-electron chi connectivity index (χ4n) is 4.15. The fraction of sp³-hybridized carbons (Fsp3) is 0.261. The molecule has 1 N–H and O–H groups in total. The first-order valence-corrected chi connectivity index (χ1v) is 10.5. The average molecular weight is 472 g/mol. The first kappa shape index (κ1) is 22.0. The first-order valence-electron chi connectivity index (χ1n) is 10.5. The number of aliphatic hydroxyl groups excluding tert-OH is 1. The predicted molar refractivity (Wildman–Crippen MR) is 116 cm³/mol. The number of nitrogens with zero attached hydrogens (tertiary/aromatic N) is 4. The van der Waals surface area contributed by atoms with Gasteiger partial charge in [-0.1, -0.05) is 18.2 Å². The summed E-state index contributed by atoms with van der Waals surface area (Å²) >= 11 is 0. The SMILES string of the molecule is Cn1c(=O)n(CCCO)c(=O)c2c1nc1n2Cc2ccc(F)c(c2)C(F)(F)c2ccccc2O1. The summed E-state index contributed by atoms with van der Waals surface area (Å²) in [5.41, 5.74) is -2.37. The van der Waals surface area contributed by atoms with Crippen LogP contribution in [0, 0.1) is 5.82 Å². The molecule has 2 bridgehead atoms. The number of hydrogen-bond acceptors (Lipinski definition) is 5. The van der Waals surface area contributed by atoms with E-state index >= 15 is 8.78 Å². The Labute approximate surface area is 190 Å². The largest absolute Gasteiger partial charge is 0.425 e. The Balaban J connectivity index is 1.85. The zero-order valence-corrected chi connectivity index (χ0v) is 18.0. The number of halogens is 3. The van der Waals surface area contributed by atoms with Crippen LogP contribution in [-0.4, -0.2) is 30.4 Å². The molecule has 176 valence electrons. The molecule has 11 heteroatoms. The first-order chi connectivity index (χ1) is 16.2. The molecule has 0 unspecified atom stereocenters. The summed E-state index contributed by atoms with van der Waals surface area (Å²) in [5.74, 6) is -5.04. The Kier molecular flexibility index (Phi) is 5.08. The van der Waals surface area contributed by atoms with E-state index in [1.165, 1.54) is 35.9 Å². The maximum absolute atomic E-state index is 15.4. The van der Waals surface area contributed by atoms with Crippen molar-refractivity contribution in [2.24, 2.45) is 7.05 Å². The molecule has 2 aromatic carbocycles. The van der Waals surface area contributed by atoms with Gasteiger partial charge in [-0.2, -0.15) is 13.8 Å².